The van der Waals surface area contributed by atoms with Gasteiger partial charge in [0.15, 0.2) is 0 Å². The molecule has 2 rings (SSSR count). The maximum Gasteiger partial charge on any atom is 0.482 e. The van der Waals surface area contributed by atoms with Crippen molar-refractivity contribution in [3.8, 4) is 5.75 Å². The summed E-state index contributed by atoms with van der Waals surface area (Å²) < 4.78 is 44.7. The molecule has 0 spiro atoms. The van der Waals surface area contributed by atoms with Gasteiger partial charge in [-0.15, -0.1) is 0 Å². The van der Waals surface area contributed by atoms with Crippen molar-refractivity contribution in [3.05, 3.63) is 30.1 Å². The number of hydrogen-bond acceptors (Lipinski definition) is 3. The number of hydrogen-bond donors (Lipinski definition) is 2. The molecule has 1 aliphatic rings. The monoisotopic (exact) mass is 302 g/mol. The van der Waals surface area contributed by atoms with Crippen molar-refractivity contribution in [2.45, 2.75) is 25.5 Å². The van der Waals surface area contributed by atoms with Gasteiger partial charge in [-0.3, -0.25) is 4.79 Å². The lowest BCUT2D eigenvalue weighted by atomic mass is 9.95. The van der Waals surface area contributed by atoms with Crippen LogP contribution in [0.3, 0.4) is 0 Å². The Hall–Kier alpha value is -1.76. The summed E-state index contributed by atoms with van der Waals surface area (Å²) in [6.45, 7) is 3.18. The summed E-state index contributed by atoms with van der Waals surface area (Å²) >= 11 is 0. The maximum atomic E-state index is 13.7. The minimum atomic E-state index is -4.04. The maximum absolute atomic E-state index is 13.7. The highest BCUT2D eigenvalue weighted by atomic mass is 19.3. The lowest BCUT2D eigenvalue weighted by molar-refractivity contribution is -0.194. The van der Waals surface area contributed by atoms with Crippen LogP contribution in [0.15, 0.2) is 24.3 Å². The number of carbonyl (C=O) groups is 1. The molecule has 21 heavy (non-hydrogen) atoms. The molecule has 1 amide bonds. The Morgan fingerprint density at radius 1 is 1.48 bits per heavy atom. The lowest BCUT2D eigenvalue weighted by Crippen LogP contribution is -2.54. The fourth-order valence-corrected chi connectivity index (χ4v) is 2.21. The molecule has 1 saturated heterocycles. The van der Waals surface area contributed by atoms with E-state index in [9.17, 15) is 18.0 Å². The van der Waals surface area contributed by atoms with E-state index in [1.807, 2.05) is 6.92 Å². The van der Waals surface area contributed by atoms with Crippen LogP contribution in [0.5, 0.6) is 5.75 Å². The van der Waals surface area contributed by atoms with Crippen LogP contribution >= 0.6 is 0 Å². The summed E-state index contributed by atoms with van der Waals surface area (Å²) in [7, 11) is 0. The number of carbonyl (C=O) groups excluding carboxylic acids is 1. The third-order valence-corrected chi connectivity index (χ3v) is 3.41. The second kappa shape index (κ2) is 6.34. The SMILES string of the molecule is C[C@H]1CNCC[C@@H]1NC(=O)C(F)(F)Oc1cccc(F)c1. The summed E-state index contributed by atoms with van der Waals surface area (Å²) in [5, 5.41) is 5.41. The average molecular weight is 302 g/mol. The first kappa shape index (κ1) is 15.6. The fourth-order valence-electron chi connectivity index (χ4n) is 2.21. The molecular formula is C14H17F3N2O2. The standard InChI is InChI=1S/C14H17F3N2O2/c1-9-8-18-6-5-12(9)19-13(20)14(16,17)21-11-4-2-3-10(15)7-11/h2-4,7,9,12,18H,5-6,8H2,1H3,(H,19,20)/t9-,12-/m0/s1. The van der Waals surface area contributed by atoms with Gasteiger partial charge in [-0.25, -0.2) is 4.39 Å². The zero-order chi connectivity index (χ0) is 15.5. The number of rotatable bonds is 4. The molecule has 4 nitrogen and oxygen atoms in total. The molecule has 7 heteroatoms. The Balaban J connectivity index is 1.99. The molecule has 1 heterocycles. The predicted octanol–water partition coefficient (Wildman–Crippen LogP) is 1.91. The Morgan fingerprint density at radius 3 is 2.90 bits per heavy atom. The van der Waals surface area contributed by atoms with E-state index in [1.165, 1.54) is 6.07 Å². The molecular weight excluding hydrogens is 285 g/mol. The van der Waals surface area contributed by atoms with Gasteiger partial charge in [0.1, 0.15) is 11.6 Å². The predicted molar refractivity (Wildman–Crippen MR) is 70.6 cm³/mol. The van der Waals surface area contributed by atoms with E-state index in [1.54, 1.807) is 0 Å². The summed E-state index contributed by atoms with van der Waals surface area (Å²) in [6, 6.07) is 3.96. The molecule has 1 aromatic carbocycles. The molecule has 2 atom stereocenters. The van der Waals surface area contributed by atoms with Crippen molar-refractivity contribution in [2.75, 3.05) is 13.1 Å². The molecule has 1 fully saturated rings. The topological polar surface area (TPSA) is 50.4 Å². The molecule has 0 unspecified atom stereocenters. The highest BCUT2D eigenvalue weighted by molar-refractivity contribution is 5.82. The van der Waals surface area contributed by atoms with Crippen LogP contribution in [0.25, 0.3) is 0 Å². The number of benzene rings is 1. The Labute approximate surface area is 120 Å². The van der Waals surface area contributed by atoms with Gasteiger partial charge in [0.05, 0.1) is 0 Å². The number of ether oxygens (including phenoxy) is 1. The van der Waals surface area contributed by atoms with Gasteiger partial charge in [0, 0.05) is 12.1 Å². The lowest BCUT2D eigenvalue weighted by Gasteiger charge is -2.31. The molecule has 0 aliphatic carbocycles. The van der Waals surface area contributed by atoms with E-state index in [0.717, 1.165) is 18.2 Å². The van der Waals surface area contributed by atoms with Gasteiger partial charge in [-0.2, -0.15) is 8.78 Å². The first-order valence-corrected chi connectivity index (χ1v) is 6.72. The second-order valence-electron chi connectivity index (χ2n) is 5.13. The van der Waals surface area contributed by atoms with Crippen molar-refractivity contribution >= 4 is 5.91 Å². The summed E-state index contributed by atoms with van der Waals surface area (Å²) in [5.41, 5.74) is 0. The molecule has 0 radical (unpaired) electrons. The number of piperidine rings is 1. The molecule has 0 bridgehead atoms. The van der Waals surface area contributed by atoms with Gasteiger partial charge in [0.25, 0.3) is 0 Å². The Kier molecular flexibility index (Phi) is 4.72. The molecule has 116 valence electrons. The van der Waals surface area contributed by atoms with E-state index in [0.29, 0.717) is 19.5 Å². The van der Waals surface area contributed by atoms with Crippen molar-refractivity contribution in [1.29, 1.82) is 0 Å². The number of nitrogens with one attached hydrogen (secondary N) is 2. The van der Waals surface area contributed by atoms with Crippen molar-refractivity contribution < 1.29 is 22.7 Å². The second-order valence-corrected chi connectivity index (χ2v) is 5.13. The first-order valence-electron chi connectivity index (χ1n) is 6.72. The van der Waals surface area contributed by atoms with E-state index in [-0.39, 0.29) is 12.0 Å². The molecule has 2 N–H and O–H groups in total. The molecule has 0 saturated carbocycles. The van der Waals surface area contributed by atoms with Crippen molar-refractivity contribution in [3.63, 3.8) is 0 Å². The quantitative estimate of drug-likeness (QED) is 0.893. The highest BCUT2D eigenvalue weighted by Crippen LogP contribution is 2.23. The summed E-state index contributed by atoms with van der Waals surface area (Å²) in [5.74, 6) is -2.57. The van der Waals surface area contributed by atoms with Gasteiger partial charge in [-0.1, -0.05) is 13.0 Å². The summed E-state index contributed by atoms with van der Waals surface area (Å²) in [6.07, 6.45) is -3.47. The highest BCUT2D eigenvalue weighted by Gasteiger charge is 2.43. The molecule has 0 aromatic heterocycles. The van der Waals surface area contributed by atoms with Gasteiger partial charge in [0.2, 0.25) is 0 Å². The van der Waals surface area contributed by atoms with Gasteiger partial charge in [-0.05, 0) is 37.6 Å². The van der Waals surface area contributed by atoms with Gasteiger partial charge >= 0.3 is 12.0 Å². The van der Waals surface area contributed by atoms with E-state index in [4.69, 9.17) is 0 Å². The minimum Gasteiger partial charge on any atom is -0.425 e. The van der Waals surface area contributed by atoms with Crippen LogP contribution < -0.4 is 15.4 Å². The Bertz CT molecular complexity index is 511. The van der Waals surface area contributed by atoms with Gasteiger partial charge < -0.3 is 15.4 Å². The average Bonchev–Trinajstić information content (AvgIpc) is 2.40. The smallest absolute Gasteiger partial charge is 0.425 e. The zero-order valence-electron chi connectivity index (χ0n) is 11.5. The number of alkyl halides is 2. The van der Waals surface area contributed by atoms with Crippen LogP contribution in [0.2, 0.25) is 0 Å². The third kappa shape index (κ3) is 4.10. The molecule has 1 aromatic rings. The van der Waals surface area contributed by atoms with Crippen LogP contribution in [-0.2, 0) is 4.79 Å². The fraction of sp³-hybridized carbons (Fsp3) is 0.500. The minimum absolute atomic E-state index is 0.0488. The largest absolute Gasteiger partial charge is 0.482 e. The number of amides is 1. The number of halogens is 3. The Morgan fingerprint density at radius 2 is 2.24 bits per heavy atom. The van der Waals surface area contributed by atoms with E-state index < -0.39 is 23.6 Å². The zero-order valence-corrected chi connectivity index (χ0v) is 11.5. The third-order valence-electron chi connectivity index (χ3n) is 3.41. The van der Waals surface area contributed by atoms with Crippen LogP contribution in [-0.4, -0.2) is 31.1 Å². The molecule has 1 aliphatic heterocycles. The van der Waals surface area contributed by atoms with Crippen LogP contribution in [0.1, 0.15) is 13.3 Å². The van der Waals surface area contributed by atoms with E-state index in [2.05, 4.69) is 15.4 Å². The first-order chi connectivity index (χ1) is 9.88. The van der Waals surface area contributed by atoms with Crippen LogP contribution in [0.4, 0.5) is 13.2 Å². The summed E-state index contributed by atoms with van der Waals surface area (Å²) in [4.78, 5) is 11.7. The normalized spacial score (nSPS) is 22.7. The van der Waals surface area contributed by atoms with Crippen LogP contribution in [0, 0.1) is 11.7 Å². The van der Waals surface area contributed by atoms with Crippen molar-refractivity contribution in [1.82, 2.24) is 10.6 Å². The van der Waals surface area contributed by atoms with Crippen molar-refractivity contribution in [2.24, 2.45) is 5.92 Å². The van der Waals surface area contributed by atoms with E-state index >= 15 is 0 Å².